The first-order valence-corrected chi connectivity index (χ1v) is 8.21. The van der Waals surface area contributed by atoms with E-state index < -0.39 is 12.8 Å². The highest BCUT2D eigenvalue weighted by Gasteiger charge is 2.31. The lowest BCUT2D eigenvalue weighted by molar-refractivity contribution is -0.174. The van der Waals surface area contributed by atoms with Crippen LogP contribution >= 0.6 is 0 Å². The molecule has 126 valence electrons. The van der Waals surface area contributed by atoms with E-state index in [0.717, 1.165) is 18.9 Å². The quantitative estimate of drug-likeness (QED) is 0.671. The first kappa shape index (κ1) is 18.8. The number of hydrogen-bond acceptors (Lipinski definition) is 2. The molecule has 0 aromatic rings. The summed E-state index contributed by atoms with van der Waals surface area (Å²) in [6, 6.07) is 0.285. The molecule has 0 bridgehead atoms. The molecular weight excluding hydrogens is 279 g/mol. The number of alkyl halides is 3. The first-order valence-electron chi connectivity index (χ1n) is 8.21. The summed E-state index contributed by atoms with van der Waals surface area (Å²) in [6.07, 6.45) is 1.05. The predicted molar refractivity (Wildman–Crippen MR) is 79.2 cm³/mol. The second kappa shape index (κ2) is 8.99. The molecule has 1 fully saturated rings. The Balaban J connectivity index is 2.40. The monoisotopic (exact) mass is 309 g/mol. The van der Waals surface area contributed by atoms with Crippen molar-refractivity contribution >= 4 is 0 Å². The minimum Gasteiger partial charge on any atom is -0.372 e. The maximum absolute atomic E-state index is 12.1. The summed E-state index contributed by atoms with van der Waals surface area (Å²) in [4.78, 5) is 0. The lowest BCUT2D eigenvalue weighted by Gasteiger charge is -2.37. The topological polar surface area (TPSA) is 21.3 Å². The molecule has 1 rings (SSSR count). The smallest absolute Gasteiger partial charge is 0.372 e. The normalized spacial score (nSPS) is 28.6. The molecule has 4 atom stereocenters. The maximum atomic E-state index is 12.1. The van der Waals surface area contributed by atoms with Gasteiger partial charge in [0.1, 0.15) is 6.61 Å². The maximum Gasteiger partial charge on any atom is 0.411 e. The zero-order valence-electron chi connectivity index (χ0n) is 13.5. The molecule has 1 N–H and O–H groups in total. The van der Waals surface area contributed by atoms with Crippen LogP contribution in [0.5, 0.6) is 0 Å². The summed E-state index contributed by atoms with van der Waals surface area (Å²) in [5, 5.41) is 3.51. The van der Waals surface area contributed by atoms with Crippen LogP contribution in [0.1, 0.15) is 52.9 Å². The zero-order valence-corrected chi connectivity index (χ0v) is 13.5. The average Bonchev–Trinajstić information content (AvgIpc) is 2.40. The minimum absolute atomic E-state index is 0.182. The summed E-state index contributed by atoms with van der Waals surface area (Å²) >= 11 is 0. The molecule has 0 spiro atoms. The molecule has 1 aliphatic rings. The average molecular weight is 309 g/mol. The van der Waals surface area contributed by atoms with Gasteiger partial charge < -0.3 is 10.1 Å². The number of ether oxygens (including phenoxy) is 1. The van der Waals surface area contributed by atoms with Crippen molar-refractivity contribution in [2.45, 2.75) is 65.1 Å². The van der Waals surface area contributed by atoms with Crippen molar-refractivity contribution in [2.75, 3.05) is 19.8 Å². The Morgan fingerprint density at radius 3 is 2.48 bits per heavy atom. The third kappa shape index (κ3) is 7.50. The van der Waals surface area contributed by atoms with E-state index in [1.807, 2.05) is 0 Å². The summed E-state index contributed by atoms with van der Waals surface area (Å²) in [5.74, 6) is 2.03. The fourth-order valence-corrected chi connectivity index (χ4v) is 3.19. The van der Waals surface area contributed by atoms with E-state index in [9.17, 15) is 13.2 Å². The van der Waals surface area contributed by atoms with Crippen LogP contribution in [0, 0.1) is 17.8 Å². The van der Waals surface area contributed by atoms with Gasteiger partial charge in [-0.3, -0.25) is 0 Å². The van der Waals surface area contributed by atoms with Crippen LogP contribution in [0.3, 0.4) is 0 Å². The highest BCUT2D eigenvalue weighted by molar-refractivity contribution is 4.83. The van der Waals surface area contributed by atoms with Gasteiger partial charge in [-0.2, -0.15) is 13.2 Å². The summed E-state index contributed by atoms with van der Waals surface area (Å²) < 4.78 is 41.1. The van der Waals surface area contributed by atoms with Gasteiger partial charge in [0.25, 0.3) is 0 Å². The molecule has 0 aromatic carbocycles. The lowest BCUT2D eigenvalue weighted by atomic mass is 9.72. The standard InChI is InChI=1S/C16H30F3NO/c1-4-8-20-15(7-9-21-11-16(17,18)19)14-6-5-12(2)13(3)10-14/h12-15,20H,4-11H2,1-3H3. The van der Waals surface area contributed by atoms with Crippen molar-refractivity contribution in [3.63, 3.8) is 0 Å². The van der Waals surface area contributed by atoms with E-state index in [4.69, 9.17) is 4.74 Å². The van der Waals surface area contributed by atoms with Crippen molar-refractivity contribution in [1.82, 2.24) is 5.32 Å². The van der Waals surface area contributed by atoms with Crippen LogP contribution in [0.4, 0.5) is 13.2 Å². The molecule has 0 aromatic heterocycles. The fraction of sp³-hybridized carbons (Fsp3) is 1.00. The van der Waals surface area contributed by atoms with Crippen LogP contribution in [0.25, 0.3) is 0 Å². The second-order valence-electron chi connectivity index (χ2n) is 6.54. The van der Waals surface area contributed by atoms with Crippen molar-refractivity contribution in [3.8, 4) is 0 Å². The summed E-state index contributed by atoms with van der Waals surface area (Å²) in [7, 11) is 0. The molecule has 0 aliphatic heterocycles. The van der Waals surface area contributed by atoms with E-state index in [0.29, 0.717) is 18.3 Å². The van der Waals surface area contributed by atoms with E-state index in [2.05, 4.69) is 26.1 Å². The fourth-order valence-electron chi connectivity index (χ4n) is 3.19. The number of halogens is 3. The van der Waals surface area contributed by atoms with Crippen LogP contribution in [-0.4, -0.2) is 32.0 Å². The zero-order chi connectivity index (χ0) is 15.9. The predicted octanol–water partition coefficient (Wildman–Crippen LogP) is 4.40. The van der Waals surface area contributed by atoms with Crippen LogP contribution in [0.15, 0.2) is 0 Å². The van der Waals surface area contributed by atoms with Crippen molar-refractivity contribution in [3.05, 3.63) is 0 Å². The Morgan fingerprint density at radius 1 is 1.19 bits per heavy atom. The van der Waals surface area contributed by atoms with Crippen LogP contribution in [0.2, 0.25) is 0 Å². The number of hydrogen-bond donors (Lipinski definition) is 1. The molecule has 1 aliphatic carbocycles. The third-order valence-corrected chi connectivity index (χ3v) is 4.70. The van der Waals surface area contributed by atoms with Crippen LogP contribution in [-0.2, 0) is 4.74 Å². The Bertz CT molecular complexity index is 283. The summed E-state index contributed by atoms with van der Waals surface area (Å²) in [6.45, 7) is 6.66. The van der Waals surface area contributed by atoms with Gasteiger partial charge in [0.05, 0.1) is 0 Å². The molecule has 1 saturated carbocycles. The molecule has 4 unspecified atom stereocenters. The summed E-state index contributed by atoms with van der Waals surface area (Å²) in [5.41, 5.74) is 0. The Kier molecular flexibility index (Phi) is 8.03. The lowest BCUT2D eigenvalue weighted by Crippen LogP contribution is -2.41. The second-order valence-corrected chi connectivity index (χ2v) is 6.54. The van der Waals surface area contributed by atoms with Gasteiger partial charge in [0, 0.05) is 12.6 Å². The van der Waals surface area contributed by atoms with E-state index in [-0.39, 0.29) is 12.6 Å². The van der Waals surface area contributed by atoms with Gasteiger partial charge in [-0.25, -0.2) is 0 Å². The van der Waals surface area contributed by atoms with Crippen molar-refractivity contribution in [1.29, 1.82) is 0 Å². The van der Waals surface area contributed by atoms with Crippen LogP contribution < -0.4 is 5.32 Å². The Hall–Kier alpha value is -0.290. The Labute approximate surface area is 126 Å². The molecule has 21 heavy (non-hydrogen) atoms. The SMILES string of the molecule is CCCNC(CCOCC(F)(F)F)C1CCC(C)C(C)C1. The molecule has 2 nitrogen and oxygen atoms in total. The molecule has 0 radical (unpaired) electrons. The number of nitrogens with one attached hydrogen (secondary N) is 1. The Morgan fingerprint density at radius 2 is 1.90 bits per heavy atom. The largest absolute Gasteiger partial charge is 0.411 e. The molecular formula is C16H30F3NO. The van der Waals surface area contributed by atoms with Crippen molar-refractivity contribution < 1.29 is 17.9 Å². The van der Waals surface area contributed by atoms with Crippen molar-refractivity contribution in [2.24, 2.45) is 17.8 Å². The molecule has 5 heteroatoms. The third-order valence-electron chi connectivity index (χ3n) is 4.70. The highest BCUT2D eigenvalue weighted by atomic mass is 19.4. The molecule has 0 heterocycles. The van der Waals surface area contributed by atoms with E-state index >= 15 is 0 Å². The van der Waals surface area contributed by atoms with E-state index in [1.54, 1.807) is 0 Å². The van der Waals surface area contributed by atoms with Gasteiger partial charge >= 0.3 is 6.18 Å². The van der Waals surface area contributed by atoms with Gasteiger partial charge in [0.2, 0.25) is 0 Å². The van der Waals surface area contributed by atoms with E-state index in [1.165, 1.54) is 19.3 Å². The van der Waals surface area contributed by atoms with Gasteiger partial charge in [0.15, 0.2) is 0 Å². The minimum atomic E-state index is -4.22. The molecule has 0 amide bonds. The first-order chi connectivity index (χ1) is 9.83. The van der Waals surface area contributed by atoms with Gasteiger partial charge in [-0.15, -0.1) is 0 Å². The highest BCUT2D eigenvalue weighted by Crippen LogP contribution is 2.35. The van der Waals surface area contributed by atoms with Gasteiger partial charge in [-0.05, 0) is 50.0 Å². The van der Waals surface area contributed by atoms with Gasteiger partial charge in [-0.1, -0.05) is 27.2 Å². The number of rotatable bonds is 8. The molecule has 0 saturated heterocycles.